The van der Waals surface area contributed by atoms with E-state index < -0.39 is 8.25 Å². The van der Waals surface area contributed by atoms with Crippen LogP contribution in [-0.4, -0.2) is 12.5 Å². The van der Waals surface area contributed by atoms with Crippen LogP contribution in [0.25, 0.3) is 0 Å². The minimum Gasteiger partial charge on any atom is -0.146 e. The molecule has 0 aromatic carbocycles. The summed E-state index contributed by atoms with van der Waals surface area (Å²) in [6, 6.07) is 0. The van der Waals surface area contributed by atoms with E-state index in [2.05, 4.69) is 24.1 Å². The molecule has 0 spiro atoms. The lowest BCUT2D eigenvalue weighted by Crippen LogP contribution is -1.87. The number of hydrogen-bond acceptors (Lipinski definition) is 4. The largest absolute Gasteiger partial charge is 0.698 e. The Kier molecular flexibility index (Phi) is 8.75. The van der Waals surface area contributed by atoms with Crippen molar-refractivity contribution in [2.45, 2.75) is 26.2 Å². The summed E-state index contributed by atoms with van der Waals surface area (Å²) in [4.78, 5) is 0. The van der Waals surface area contributed by atoms with Crippen LogP contribution < -0.4 is 0 Å². The van der Waals surface area contributed by atoms with E-state index in [9.17, 15) is 4.57 Å². The van der Waals surface area contributed by atoms with Gasteiger partial charge in [0.2, 0.25) is 0 Å². The van der Waals surface area contributed by atoms with Crippen molar-refractivity contribution in [3.05, 3.63) is 0 Å². The first kappa shape index (κ1) is 11.4. The number of unbranched alkanes of at least 4 members (excludes halogenated alkanes) is 2. The van der Waals surface area contributed by atoms with Crippen LogP contribution >= 0.6 is 20.9 Å². The molecule has 0 aromatic rings. The molecule has 0 saturated heterocycles. The second-order valence-corrected chi connectivity index (χ2v) is 3.24. The van der Waals surface area contributed by atoms with Gasteiger partial charge in [-0.1, -0.05) is 19.8 Å². The lowest BCUT2D eigenvalue weighted by Gasteiger charge is -1.89. The molecule has 5 heteroatoms. The van der Waals surface area contributed by atoms with Crippen molar-refractivity contribution >= 4 is 20.9 Å². The molecular weight excluding hydrogens is 183 g/mol. The van der Waals surface area contributed by atoms with E-state index in [0.717, 1.165) is 19.3 Å². The van der Waals surface area contributed by atoms with Gasteiger partial charge in [-0.25, -0.2) is 0 Å². The molecule has 0 fully saturated rings. The van der Waals surface area contributed by atoms with Gasteiger partial charge in [0.1, 0.15) is 12.5 Å². The minimum absolute atomic E-state index is 0.142. The topological polar surface area (TPSA) is 35.5 Å². The van der Waals surface area contributed by atoms with Gasteiger partial charge in [0, 0.05) is 4.57 Å². The Bertz CT molecular complexity index is 110. The molecule has 0 aliphatic heterocycles. The van der Waals surface area contributed by atoms with E-state index in [4.69, 9.17) is 4.52 Å². The summed E-state index contributed by atoms with van der Waals surface area (Å²) in [7, 11) is -1.92. The molecule has 0 N–H and O–H groups in total. The molecule has 66 valence electrons. The average molecular weight is 197 g/mol. The molecule has 0 aliphatic carbocycles. The Hall–Kier alpha value is 0.370. The van der Waals surface area contributed by atoms with Gasteiger partial charge in [-0.3, -0.25) is 0 Å². The summed E-state index contributed by atoms with van der Waals surface area (Å²) >= 11 is 3.74. The Balaban J connectivity index is 3.04. The molecule has 0 saturated carbocycles. The van der Waals surface area contributed by atoms with Gasteiger partial charge >= 0.3 is 8.25 Å². The monoisotopic (exact) mass is 197 g/mol. The maximum atomic E-state index is 10.7. The fourth-order valence-electron chi connectivity index (χ4n) is 0.576. The predicted octanol–water partition coefficient (Wildman–Crippen LogP) is 2.75. The highest BCUT2D eigenvalue weighted by atomic mass is 32.1. The van der Waals surface area contributed by atoms with E-state index in [-0.39, 0.29) is 5.94 Å². The van der Waals surface area contributed by atoms with Crippen LogP contribution in [0, 0.1) is 0 Å². The minimum atomic E-state index is -1.92. The molecule has 0 radical (unpaired) electrons. The summed E-state index contributed by atoms with van der Waals surface area (Å²) in [6.07, 6.45) is 3.17. The van der Waals surface area contributed by atoms with Crippen molar-refractivity contribution in [2.24, 2.45) is 0 Å². The second-order valence-electron chi connectivity index (χ2n) is 2.02. The fraction of sp³-hybridized carbons (Fsp3) is 1.00. The van der Waals surface area contributed by atoms with E-state index in [0.29, 0.717) is 6.61 Å². The molecule has 3 nitrogen and oxygen atoms in total. The molecule has 1 atom stereocenters. The SMILES string of the molecule is CCCCCO[P+](=O)OCS. The maximum absolute atomic E-state index is 10.7. The fourth-order valence-corrected chi connectivity index (χ4v) is 1.31. The zero-order valence-corrected chi connectivity index (χ0v) is 8.44. The normalized spacial score (nSPS) is 11.6. The molecule has 0 aromatic heterocycles. The Morgan fingerprint density at radius 3 is 2.64 bits per heavy atom. The standard InChI is InChI=1S/C6H13O3PS/c1-2-3-4-5-8-10(7)9-6-11/h2-6H2,1H3/p+1. The van der Waals surface area contributed by atoms with Gasteiger partial charge < -0.3 is 0 Å². The zero-order valence-electron chi connectivity index (χ0n) is 6.65. The quantitative estimate of drug-likeness (QED) is 0.295. The van der Waals surface area contributed by atoms with Crippen LogP contribution in [-0.2, 0) is 13.6 Å². The average Bonchev–Trinajstić information content (AvgIpc) is 1.99. The van der Waals surface area contributed by atoms with Crippen LogP contribution in [0.4, 0.5) is 0 Å². The van der Waals surface area contributed by atoms with E-state index in [1.165, 1.54) is 0 Å². The first-order chi connectivity index (χ1) is 5.31. The summed E-state index contributed by atoms with van der Waals surface area (Å²) in [5.74, 6) is 0.142. The zero-order chi connectivity index (χ0) is 8.53. The van der Waals surface area contributed by atoms with Crippen molar-refractivity contribution in [1.82, 2.24) is 0 Å². The van der Waals surface area contributed by atoms with Gasteiger partial charge in [0.05, 0.1) is 0 Å². The highest BCUT2D eigenvalue weighted by Crippen LogP contribution is 2.23. The van der Waals surface area contributed by atoms with Gasteiger partial charge in [-0.05, 0) is 6.42 Å². The van der Waals surface area contributed by atoms with E-state index in [1.807, 2.05) is 0 Å². The third-order valence-corrected chi connectivity index (χ3v) is 2.17. The molecule has 0 amide bonds. The van der Waals surface area contributed by atoms with Crippen LogP contribution in [0.15, 0.2) is 0 Å². The van der Waals surface area contributed by atoms with E-state index in [1.54, 1.807) is 0 Å². The first-order valence-corrected chi connectivity index (χ1v) is 5.38. The van der Waals surface area contributed by atoms with Crippen LogP contribution in [0.2, 0.25) is 0 Å². The Labute approximate surface area is 73.8 Å². The lowest BCUT2D eigenvalue weighted by atomic mass is 10.3. The highest BCUT2D eigenvalue weighted by Gasteiger charge is 2.17. The van der Waals surface area contributed by atoms with Crippen molar-refractivity contribution in [1.29, 1.82) is 0 Å². The number of hydrogen-bond donors (Lipinski definition) is 1. The number of thiol groups is 1. The van der Waals surface area contributed by atoms with Crippen molar-refractivity contribution in [3.63, 3.8) is 0 Å². The van der Waals surface area contributed by atoms with Gasteiger partial charge in [0.15, 0.2) is 0 Å². The molecule has 11 heavy (non-hydrogen) atoms. The summed E-state index contributed by atoms with van der Waals surface area (Å²) < 4.78 is 20.1. The molecule has 0 bridgehead atoms. The molecule has 0 aliphatic rings. The molecule has 0 rings (SSSR count). The second kappa shape index (κ2) is 8.47. The maximum Gasteiger partial charge on any atom is 0.698 e. The van der Waals surface area contributed by atoms with Crippen LogP contribution in [0.3, 0.4) is 0 Å². The van der Waals surface area contributed by atoms with Gasteiger partial charge in [-0.15, -0.1) is 21.7 Å². The molecule has 0 heterocycles. The smallest absolute Gasteiger partial charge is 0.146 e. The lowest BCUT2D eigenvalue weighted by molar-refractivity contribution is 0.246. The van der Waals surface area contributed by atoms with Crippen LogP contribution in [0.1, 0.15) is 26.2 Å². The van der Waals surface area contributed by atoms with Gasteiger partial charge in [0.25, 0.3) is 0 Å². The third kappa shape index (κ3) is 8.27. The van der Waals surface area contributed by atoms with Crippen LogP contribution in [0.5, 0.6) is 0 Å². The number of rotatable bonds is 7. The third-order valence-electron chi connectivity index (χ3n) is 1.11. The molecular formula is C6H14O3PS+. The van der Waals surface area contributed by atoms with E-state index >= 15 is 0 Å². The first-order valence-electron chi connectivity index (χ1n) is 3.65. The van der Waals surface area contributed by atoms with Crippen molar-refractivity contribution in [3.8, 4) is 0 Å². The Morgan fingerprint density at radius 2 is 2.09 bits per heavy atom. The predicted molar refractivity (Wildman–Crippen MR) is 48.0 cm³/mol. The highest BCUT2D eigenvalue weighted by molar-refractivity contribution is 7.80. The molecule has 1 unspecified atom stereocenters. The van der Waals surface area contributed by atoms with Gasteiger partial charge in [-0.2, -0.15) is 0 Å². The Morgan fingerprint density at radius 1 is 1.36 bits per heavy atom. The summed E-state index contributed by atoms with van der Waals surface area (Å²) in [5.41, 5.74) is 0. The van der Waals surface area contributed by atoms with Crippen molar-refractivity contribution in [2.75, 3.05) is 12.5 Å². The summed E-state index contributed by atoms with van der Waals surface area (Å²) in [5, 5.41) is 0. The van der Waals surface area contributed by atoms with Crippen molar-refractivity contribution < 1.29 is 13.6 Å². The summed E-state index contributed by atoms with van der Waals surface area (Å²) in [6.45, 7) is 2.61.